The Morgan fingerprint density at radius 3 is 2.58 bits per heavy atom. The van der Waals surface area contributed by atoms with E-state index in [4.69, 9.17) is 15.2 Å². The molecular weight excluding hydrogens is 469 g/mol. The minimum absolute atomic E-state index is 0.0412. The van der Waals surface area contributed by atoms with E-state index in [1.54, 1.807) is 4.90 Å². The van der Waals surface area contributed by atoms with Crippen molar-refractivity contribution in [2.75, 3.05) is 50.3 Å². The summed E-state index contributed by atoms with van der Waals surface area (Å²) in [5.74, 6) is -1.47. The van der Waals surface area contributed by atoms with E-state index in [-0.39, 0.29) is 41.8 Å². The zero-order chi connectivity index (χ0) is 25.8. The number of carbonyl (C=O) groups is 3. The van der Waals surface area contributed by atoms with Crippen molar-refractivity contribution >= 4 is 29.5 Å². The topological polar surface area (TPSA) is 120 Å². The summed E-state index contributed by atoms with van der Waals surface area (Å²) in [7, 11) is 3.21. The first-order valence-corrected chi connectivity index (χ1v) is 11.2. The van der Waals surface area contributed by atoms with Gasteiger partial charge in [-0.15, -0.1) is 0 Å². The third-order valence-electron chi connectivity index (χ3n) is 6.03. The summed E-state index contributed by atoms with van der Waals surface area (Å²) in [6, 6.07) is 11.6. The van der Waals surface area contributed by atoms with Crippen LogP contribution in [0.5, 0.6) is 5.75 Å². The van der Waals surface area contributed by atoms with Crippen molar-refractivity contribution in [3.63, 3.8) is 0 Å². The molecule has 1 saturated heterocycles. The predicted octanol–water partition coefficient (Wildman–Crippen LogP) is 1.97. The van der Waals surface area contributed by atoms with Crippen LogP contribution in [0.2, 0.25) is 0 Å². The molecule has 0 saturated carbocycles. The Hall–Kier alpha value is -4.25. The van der Waals surface area contributed by atoms with Gasteiger partial charge in [0.15, 0.2) is 23.5 Å². The number of nitrogens with zero attached hydrogens (tertiary/aromatic N) is 4. The van der Waals surface area contributed by atoms with E-state index in [1.807, 2.05) is 36.2 Å². The smallest absolute Gasteiger partial charge is 0.269 e. The van der Waals surface area contributed by atoms with Gasteiger partial charge < -0.3 is 25.0 Å². The number of amides is 2. The minimum Gasteiger partial charge on any atom is -0.494 e. The standard InChI is InChI=1S/C25H26FN5O5/c1-29(16-3-5-17(6-4-16)30-11-12-36-15-23(30)33)10-9-19-21(14-32)31(28-24(19)25(27)34)18-7-8-22(35-2)20(26)13-18/h3-8,13-14H,9-12,15H2,1-2H3,(H2,27,34). The highest BCUT2D eigenvalue weighted by Gasteiger charge is 2.23. The Kier molecular flexibility index (Phi) is 7.30. The summed E-state index contributed by atoms with van der Waals surface area (Å²) < 4.78 is 25.6. The van der Waals surface area contributed by atoms with Crippen molar-refractivity contribution in [3.8, 4) is 11.4 Å². The van der Waals surface area contributed by atoms with Crippen LogP contribution in [-0.4, -0.2) is 68.3 Å². The molecule has 11 heteroatoms. The van der Waals surface area contributed by atoms with E-state index in [9.17, 15) is 18.8 Å². The highest BCUT2D eigenvalue weighted by Crippen LogP contribution is 2.25. The lowest BCUT2D eigenvalue weighted by atomic mass is 10.1. The minimum atomic E-state index is -0.789. The number of halogens is 1. The van der Waals surface area contributed by atoms with Gasteiger partial charge >= 0.3 is 0 Å². The first-order valence-electron chi connectivity index (χ1n) is 11.2. The fraction of sp³-hybridized carbons (Fsp3) is 0.280. The van der Waals surface area contributed by atoms with E-state index < -0.39 is 11.7 Å². The molecule has 0 radical (unpaired) electrons. The van der Waals surface area contributed by atoms with Crippen LogP contribution in [0.15, 0.2) is 42.5 Å². The summed E-state index contributed by atoms with van der Waals surface area (Å²) in [6.07, 6.45) is 0.857. The fourth-order valence-electron chi connectivity index (χ4n) is 4.10. The largest absolute Gasteiger partial charge is 0.494 e. The van der Waals surface area contributed by atoms with Crippen molar-refractivity contribution in [1.29, 1.82) is 0 Å². The van der Waals surface area contributed by atoms with Crippen molar-refractivity contribution < 1.29 is 28.2 Å². The number of carbonyl (C=O) groups excluding carboxylic acids is 3. The Morgan fingerprint density at radius 2 is 1.97 bits per heavy atom. The first-order chi connectivity index (χ1) is 17.3. The highest BCUT2D eigenvalue weighted by atomic mass is 19.1. The van der Waals surface area contributed by atoms with E-state index >= 15 is 0 Å². The molecule has 2 heterocycles. The molecule has 1 aromatic heterocycles. The first kappa shape index (κ1) is 24.9. The number of nitrogens with two attached hydrogens (primary N) is 1. The van der Waals surface area contributed by atoms with Gasteiger partial charge in [0.1, 0.15) is 12.3 Å². The van der Waals surface area contributed by atoms with Crippen LogP contribution in [0.1, 0.15) is 26.5 Å². The number of aromatic nitrogens is 2. The fourth-order valence-corrected chi connectivity index (χ4v) is 4.10. The zero-order valence-corrected chi connectivity index (χ0v) is 19.9. The molecule has 1 aliphatic heterocycles. The molecule has 2 amide bonds. The maximum atomic E-state index is 14.3. The number of aldehydes is 1. The number of primary amides is 1. The van der Waals surface area contributed by atoms with Crippen LogP contribution in [0.25, 0.3) is 5.69 Å². The van der Waals surface area contributed by atoms with Gasteiger partial charge in [0.05, 0.1) is 19.4 Å². The number of rotatable bonds is 9. The average molecular weight is 496 g/mol. The molecule has 188 valence electrons. The molecule has 0 aliphatic carbocycles. The van der Waals surface area contributed by atoms with Gasteiger partial charge in [0.25, 0.3) is 11.8 Å². The van der Waals surface area contributed by atoms with Crippen molar-refractivity contribution in [3.05, 3.63) is 65.2 Å². The molecule has 1 aliphatic rings. The number of ether oxygens (including phenoxy) is 2. The van der Waals surface area contributed by atoms with E-state index in [0.717, 1.165) is 11.4 Å². The molecule has 0 atom stereocenters. The second kappa shape index (κ2) is 10.6. The molecule has 1 fully saturated rings. The summed E-state index contributed by atoms with van der Waals surface area (Å²) in [6.45, 7) is 1.49. The molecule has 10 nitrogen and oxygen atoms in total. The summed E-state index contributed by atoms with van der Waals surface area (Å²) in [5.41, 5.74) is 7.89. The molecule has 36 heavy (non-hydrogen) atoms. The van der Waals surface area contributed by atoms with Crippen molar-refractivity contribution in [1.82, 2.24) is 9.78 Å². The third-order valence-corrected chi connectivity index (χ3v) is 6.03. The van der Waals surface area contributed by atoms with Crippen LogP contribution in [0.3, 0.4) is 0 Å². The number of morpholine rings is 1. The van der Waals surface area contributed by atoms with Gasteiger partial charge in [-0.3, -0.25) is 14.4 Å². The zero-order valence-electron chi connectivity index (χ0n) is 19.9. The molecule has 2 aromatic carbocycles. The lowest BCUT2D eigenvalue weighted by Gasteiger charge is -2.27. The molecule has 0 spiro atoms. The number of hydrogen-bond acceptors (Lipinski definition) is 7. The maximum absolute atomic E-state index is 14.3. The second-order valence-corrected chi connectivity index (χ2v) is 8.21. The monoisotopic (exact) mass is 495 g/mol. The SMILES string of the molecule is COc1ccc(-n2nc(C(N)=O)c(CCN(C)c3ccc(N4CCOCC4=O)cc3)c2C=O)cc1F. The lowest BCUT2D eigenvalue weighted by molar-refractivity contribution is -0.125. The van der Waals surface area contributed by atoms with Crippen LogP contribution in [0.4, 0.5) is 15.8 Å². The maximum Gasteiger partial charge on any atom is 0.269 e. The van der Waals surface area contributed by atoms with Crippen molar-refractivity contribution in [2.24, 2.45) is 5.73 Å². The second-order valence-electron chi connectivity index (χ2n) is 8.21. The third kappa shape index (κ3) is 4.91. The van der Waals surface area contributed by atoms with E-state index in [2.05, 4.69) is 5.10 Å². The van der Waals surface area contributed by atoms with Crippen molar-refractivity contribution in [2.45, 2.75) is 6.42 Å². The quantitative estimate of drug-likeness (QED) is 0.451. The molecule has 3 aromatic rings. The average Bonchev–Trinajstić information content (AvgIpc) is 3.26. The molecule has 0 bridgehead atoms. The van der Waals surface area contributed by atoms with Gasteiger partial charge in [0, 0.05) is 43.1 Å². The van der Waals surface area contributed by atoms with E-state index in [1.165, 1.54) is 30.0 Å². The number of anilines is 2. The number of hydrogen-bond donors (Lipinski definition) is 1. The number of methoxy groups -OCH3 is 1. The molecule has 4 rings (SSSR count). The molecular formula is C25H26FN5O5. The van der Waals surface area contributed by atoms with Gasteiger partial charge in [-0.05, 0) is 42.8 Å². The summed E-state index contributed by atoms with van der Waals surface area (Å²) >= 11 is 0. The Morgan fingerprint density at radius 1 is 1.25 bits per heavy atom. The van der Waals surface area contributed by atoms with Crippen LogP contribution in [-0.2, 0) is 16.0 Å². The Labute approximate surface area is 207 Å². The van der Waals surface area contributed by atoms with Gasteiger partial charge in [-0.25, -0.2) is 9.07 Å². The predicted molar refractivity (Wildman–Crippen MR) is 131 cm³/mol. The number of likely N-dealkylation sites (N-methyl/N-ethyl adjacent to an activating group) is 1. The van der Waals surface area contributed by atoms with Gasteiger partial charge in [-0.1, -0.05) is 0 Å². The highest BCUT2D eigenvalue weighted by molar-refractivity contribution is 5.95. The normalized spacial score (nSPS) is 13.5. The molecule has 0 unspecified atom stereocenters. The summed E-state index contributed by atoms with van der Waals surface area (Å²) in [5, 5.41) is 4.21. The Balaban J connectivity index is 1.55. The van der Waals surface area contributed by atoms with E-state index in [0.29, 0.717) is 31.5 Å². The van der Waals surface area contributed by atoms with Gasteiger partial charge in [0.2, 0.25) is 0 Å². The Bertz CT molecular complexity index is 1290. The molecule has 2 N–H and O–H groups in total. The van der Waals surface area contributed by atoms with Gasteiger partial charge in [-0.2, -0.15) is 5.10 Å². The van der Waals surface area contributed by atoms with Crippen LogP contribution in [0, 0.1) is 5.82 Å². The lowest BCUT2D eigenvalue weighted by Crippen LogP contribution is -2.41. The number of benzene rings is 2. The van der Waals surface area contributed by atoms with Crippen LogP contribution < -0.4 is 20.3 Å². The van der Waals surface area contributed by atoms with Crippen LogP contribution >= 0.6 is 0 Å². The summed E-state index contributed by atoms with van der Waals surface area (Å²) in [4.78, 5) is 39.8.